The second-order valence-electron chi connectivity index (χ2n) is 12.3. The van der Waals surface area contributed by atoms with Crippen molar-refractivity contribution >= 4 is 0 Å². The fraction of sp³-hybridized carbons (Fsp3) is 0.857. The average Bonchev–Trinajstić information content (AvgIpc) is 3.03. The average molecular weight is 399 g/mol. The summed E-state index contributed by atoms with van der Waals surface area (Å²) in [5.41, 5.74) is 4.17. The van der Waals surface area contributed by atoms with E-state index < -0.39 is 0 Å². The lowest BCUT2D eigenvalue weighted by Gasteiger charge is -2.55. The molecule has 0 unspecified atom stereocenters. The molecule has 0 heterocycles. The van der Waals surface area contributed by atoms with Crippen LogP contribution < -0.4 is 0 Å². The molecule has 0 aromatic carbocycles. The summed E-state index contributed by atoms with van der Waals surface area (Å²) in [5.74, 6) is 4.97. The Morgan fingerprint density at radius 2 is 1.69 bits per heavy atom. The van der Waals surface area contributed by atoms with Gasteiger partial charge < -0.3 is 5.11 Å². The van der Waals surface area contributed by atoms with Crippen LogP contribution in [-0.2, 0) is 0 Å². The maximum atomic E-state index is 10.2. The van der Waals surface area contributed by atoms with Crippen molar-refractivity contribution in [3.8, 4) is 0 Å². The third-order valence-corrected chi connectivity index (χ3v) is 10.5. The minimum atomic E-state index is -0.108. The summed E-state index contributed by atoms with van der Waals surface area (Å²) < 4.78 is 0. The third kappa shape index (κ3) is 3.58. The van der Waals surface area contributed by atoms with Gasteiger partial charge in [-0.05, 0) is 91.3 Å². The normalized spacial score (nSPS) is 43.7. The van der Waals surface area contributed by atoms with Crippen LogP contribution in [0.2, 0.25) is 0 Å². The minimum absolute atomic E-state index is 0.108. The van der Waals surface area contributed by atoms with Gasteiger partial charge in [-0.2, -0.15) is 0 Å². The lowest BCUT2D eigenvalue weighted by atomic mass is 9.50. The summed E-state index contributed by atoms with van der Waals surface area (Å²) >= 11 is 0. The first-order chi connectivity index (χ1) is 13.7. The van der Waals surface area contributed by atoms with Gasteiger partial charge in [0.2, 0.25) is 0 Å². The molecule has 4 aliphatic rings. The Hall–Kier alpha value is -0.560. The minimum Gasteiger partial charge on any atom is -0.393 e. The van der Waals surface area contributed by atoms with Crippen molar-refractivity contribution in [2.24, 2.45) is 46.3 Å². The molecule has 3 fully saturated rings. The largest absolute Gasteiger partial charge is 0.393 e. The van der Waals surface area contributed by atoms with Gasteiger partial charge in [0.05, 0.1) is 6.10 Å². The molecule has 0 aliphatic heterocycles. The van der Waals surface area contributed by atoms with Crippen molar-refractivity contribution < 1.29 is 5.11 Å². The van der Waals surface area contributed by atoms with Gasteiger partial charge in [0, 0.05) is 0 Å². The molecule has 3 saturated carbocycles. The van der Waals surface area contributed by atoms with Gasteiger partial charge in [-0.25, -0.2) is 0 Å². The Bertz CT molecular complexity index is 672. The van der Waals surface area contributed by atoms with Crippen LogP contribution in [0.4, 0.5) is 0 Å². The van der Waals surface area contributed by atoms with E-state index in [9.17, 15) is 5.11 Å². The highest BCUT2D eigenvalue weighted by Crippen LogP contribution is 2.66. The lowest BCUT2D eigenvalue weighted by Crippen LogP contribution is -2.46. The van der Waals surface area contributed by atoms with Crippen molar-refractivity contribution in [1.29, 1.82) is 0 Å². The maximum Gasteiger partial charge on any atom is 0.0578 e. The number of hydrogen-bond donors (Lipinski definition) is 1. The number of aliphatic hydroxyl groups excluding tert-OH is 1. The molecule has 29 heavy (non-hydrogen) atoms. The highest BCUT2D eigenvalue weighted by atomic mass is 16.3. The zero-order valence-corrected chi connectivity index (χ0v) is 20.0. The molecular weight excluding hydrogens is 352 g/mol. The Balaban J connectivity index is 1.52. The fourth-order valence-electron chi connectivity index (χ4n) is 8.02. The summed E-state index contributed by atoms with van der Waals surface area (Å²) in [7, 11) is 0. The summed E-state index contributed by atoms with van der Waals surface area (Å²) in [4.78, 5) is 0. The van der Waals surface area contributed by atoms with E-state index in [2.05, 4.69) is 53.7 Å². The Morgan fingerprint density at radius 3 is 2.41 bits per heavy atom. The molecule has 1 nitrogen and oxygen atoms in total. The second kappa shape index (κ2) is 7.85. The van der Waals surface area contributed by atoms with Crippen molar-refractivity contribution in [2.75, 3.05) is 0 Å². The summed E-state index contributed by atoms with van der Waals surface area (Å²) in [6.07, 6.45) is 16.4. The van der Waals surface area contributed by atoms with Gasteiger partial charge in [-0.1, -0.05) is 77.7 Å². The summed E-state index contributed by atoms with van der Waals surface area (Å²) in [6, 6.07) is 0. The van der Waals surface area contributed by atoms with Crippen molar-refractivity contribution in [3.05, 3.63) is 23.3 Å². The van der Waals surface area contributed by atoms with Gasteiger partial charge in [0.1, 0.15) is 0 Å². The van der Waals surface area contributed by atoms with Crippen LogP contribution in [0, 0.1) is 46.3 Å². The topological polar surface area (TPSA) is 20.2 Å². The number of aliphatic hydroxyl groups is 1. The molecule has 8 atom stereocenters. The molecule has 0 bridgehead atoms. The first-order valence-corrected chi connectivity index (χ1v) is 12.8. The van der Waals surface area contributed by atoms with E-state index in [1.165, 1.54) is 44.9 Å². The van der Waals surface area contributed by atoms with E-state index in [0.29, 0.717) is 10.8 Å². The van der Waals surface area contributed by atoms with E-state index in [1.807, 2.05) is 0 Å². The van der Waals surface area contributed by atoms with Crippen molar-refractivity contribution in [1.82, 2.24) is 0 Å². The molecule has 0 radical (unpaired) electrons. The summed E-state index contributed by atoms with van der Waals surface area (Å²) in [5, 5.41) is 10.2. The standard InChI is InChI=1S/C28H46O/c1-18(2)19(3)7-8-20(4)24-11-12-25-23-10-9-21-17-22(29)13-15-27(21,5)26(23)14-16-28(24,25)6/h9-10,18-20,22,24-26,29H,7-8,11-17H2,1-6H3/t19-,20-,22+,24-,25+,26-,27+,28-/m1/s1. The van der Waals surface area contributed by atoms with E-state index >= 15 is 0 Å². The molecule has 0 aromatic heterocycles. The second-order valence-corrected chi connectivity index (χ2v) is 12.3. The SMILES string of the molecule is CC(C)[C@H](C)CC[C@@H](C)[C@H]1CC[C@H]2C3=CC=C4C[C@@H](O)CC[C@]4(C)[C@@H]3CC[C@]12C. The van der Waals surface area contributed by atoms with Gasteiger partial charge in [0.25, 0.3) is 0 Å². The van der Waals surface area contributed by atoms with Crippen LogP contribution in [0.25, 0.3) is 0 Å². The van der Waals surface area contributed by atoms with Gasteiger partial charge >= 0.3 is 0 Å². The van der Waals surface area contributed by atoms with Crippen molar-refractivity contribution in [2.45, 2.75) is 105 Å². The van der Waals surface area contributed by atoms with Crippen LogP contribution in [-0.4, -0.2) is 11.2 Å². The predicted octanol–water partition coefficient (Wildman–Crippen LogP) is 7.55. The highest BCUT2D eigenvalue weighted by Gasteiger charge is 2.56. The van der Waals surface area contributed by atoms with Crippen LogP contribution in [0.1, 0.15) is 99.3 Å². The molecule has 1 heteroatoms. The first kappa shape index (κ1) is 21.7. The molecule has 0 amide bonds. The molecule has 0 saturated heterocycles. The molecule has 4 aliphatic carbocycles. The lowest BCUT2D eigenvalue weighted by molar-refractivity contribution is 0.0317. The zero-order chi connectivity index (χ0) is 21.0. The number of rotatable bonds is 5. The smallest absolute Gasteiger partial charge is 0.0578 e. The molecule has 1 N–H and O–H groups in total. The molecule has 164 valence electrons. The number of hydrogen-bond acceptors (Lipinski definition) is 1. The van der Waals surface area contributed by atoms with Crippen LogP contribution in [0.3, 0.4) is 0 Å². The molecule has 4 rings (SSSR count). The predicted molar refractivity (Wildman–Crippen MR) is 124 cm³/mol. The fourth-order valence-corrected chi connectivity index (χ4v) is 8.02. The molecule has 0 spiro atoms. The van der Waals surface area contributed by atoms with E-state index in [0.717, 1.165) is 48.3 Å². The third-order valence-electron chi connectivity index (χ3n) is 10.5. The van der Waals surface area contributed by atoms with Gasteiger partial charge in [-0.3, -0.25) is 0 Å². The molecular formula is C28H46O. The number of allylic oxidation sites excluding steroid dienone is 3. The van der Waals surface area contributed by atoms with Crippen LogP contribution in [0.15, 0.2) is 23.3 Å². The first-order valence-electron chi connectivity index (χ1n) is 12.8. The highest BCUT2D eigenvalue weighted by molar-refractivity contribution is 5.38. The quantitative estimate of drug-likeness (QED) is 0.506. The monoisotopic (exact) mass is 398 g/mol. The maximum absolute atomic E-state index is 10.2. The summed E-state index contributed by atoms with van der Waals surface area (Å²) in [6.45, 7) is 14.9. The van der Waals surface area contributed by atoms with Crippen molar-refractivity contribution in [3.63, 3.8) is 0 Å². The van der Waals surface area contributed by atoms with Gasteiger partial charge in [0.15, 0.2) is 0 Å². The van der Waals surface area contributed by atoms with Gasteiger partial charge in [-0.15, -0.1) is 0 Å². The Labute approximate surface area is 180 Å². The van der Waals surface area contributed by atoms with E-state index in [4.69, 9.17) is 0 Å². The zero-order valence-electron chi connectivity index (χ0n) is 20.0. The number of fused-ring (bicyclic) bond motifs is 5. The van der Waals surface area contributed by atoms with E-state index in [-0.39, 0.29) is 6.10 Å². The molecule has 0 aromatic rings. The van der Waals surface area contributed by atoms with Crippen LogP contribution >= 0.6 is 0 Å². The Morgan fingerprint density at radius 1 is 0.931 bits per heavy atom. The van der Waals surface area contributed by atoms with Crippen LogP contribution in [0.5, 0.6) is 0 Å². The Kier molecular flexibility index (Phi) is 5.86. The van der Waals surface area contributed by atoms with E-state index in [1.54, 1.807) is 11.1 Å².